The van der Waals surface area contributed by atoms with E-state index in [2.05, 4.69) is 4.74 Å². The summed E-state index contributed by atoms with van der Waals surface area (Å²) in [5.41, 5.74) is -0.144. The van der Waals surface area contributed by atoms with Crippen molar-refractivity contribution in [2.75, 3.05) is 7.11 Å². The van der Waals surface area contributed by atoms with E-state index in [1.165, 1.54) is 0 Å². The molecule has 0 spiro atoms. The zero-order valence-corrected chi connectivity index (χ0v) is 4.12. The van der Waals surface area contributed by atoms with Crippen LogP contribution in [0.1, 0.15) is 6.92 Å². The molecule has 0 aliphatic heterocycles. The SMILES string of the molecule is COC(C)Cl. The summed E-state index contributed by atoms with van der Waals surface area (Å²) < 4.78 is 4.52. The van der Waals surface area contributed by atoms with Gasteiger partial charge in [0.25, 0.3) is 0 Å². The first-order valence-electron chi connectivity index (χ1n) is 1.44. The Balaban J connectivity index is 2.54. The number of hydrogen-bond donors (Lipinski definition) is 0. The van der Waals surface area contributed by atoms with Crippen LogP contribution in [0.3, 0.4) is 0 Å². The summed E-state index contributed by atoms with van der Waals surface area (Å²) in [7, 11) is 1.57. The first kappa shape index (κ1) is 5.25. The Morgan fingerprint density at radius 1 is 1.80 bits per heavy atom. The Labute approximate surface area is 36.9 Å². The fraction of sp³-hybridized carbons (Fsp3) is 1.00. The number of rotatable bonds is 1. The van der Waals surface area contributed by atoms with Gasteiger partial charge in [-0.05, 0) is 6.92 Å². The summed E-state index contributed by atoms with van der Waals surface area (Å²) in [5.74, 6) is 0. The van der Waals surface area contributed by atoms with Crippen LogP contribution in [0.4, 0.5) is 0 Å². The first-order chi connectivity index (χ1) is 2.27. The van der Waals surface area contributed by atoms with E-state index in [9.17, 15) is 0 Å². The Bertz CT molecular complexity index is 20.9. The van der Waals surface area contributed by atoms with Gasteiger partial charge in [0.2, 0.25) is 0 Å². The predicted molar refractivity (Wildman–Crippen MR) is 22.3 cm³/mol. The number of methoxy groups -OCH3 is 1. The number of alkyl halides is 1. The summed E-state index contributed by atoms with van der Waals surface area (Å²) in [6, 6.07) is 0. The van der Waals surface area contributed by atoms with Crippen LogP contribution < -0.4 is 0 Å². The summed E-state index contributed by atoms with van der Waals surface area (Å²) in [5, 5.41) is 0. The highest BCUT2D eigenvalue weighted by Gasteiger charge is 1.82. The average Bonchev–Trinajstić information content (AvgIpc) is 1.38. The van der Waals surface area contributed by atoms with Gasteiger partial charge in [-0.2, -0.15) is 0 Å². The standard InChI is InChI=1S/C3H7ClO/c1-3(4)5-2/h3H,1-2H3. The van der Waals surface area contributed by atoms with Crippen molar-refractivity contribution in [2.24, 2.45) is 0 Å². The predicted octanol–water partition coefficient (Wildman–Crippen LogP) is 1.22. The van der Waals surface area contributed by atoms with Crippen LogP contribution in [0.2, 0.25) is 0 Å². The number of ether oxygens (including phenoxy) is 1. The van der Waals surface area contributed by atoms with Crippen LogP contribution in [0, 0.1) is 0 Å². The van der Waals surface area contributed by atoms with Crippen molar-refractivity contribution in [1.29, 1.82) is 0 Å². The molecule has 0 aliphatic rings. The molecule has 0 aromatic heterocycles. The fourth-order valence-electron chi connectivity index (χ4n) is 0. The zero-order chi connectivity index (χ0) is 4.28. The third-order valence-corrected chi connectivity index (χ3v) is 0.503. The van der Waals surface area contributed by atoms with Gasteiger partial charge in [-0.3, -0.25) is 0 Å². The molecular weight excluding hydrogens is 87.5 g/mol. The van der Waals surface area contributed by atoms with E-state index in [4.69, 9.17) is 11.6 Å². The smallest absolute Gasteiger partial charge is 0.128 e. The summed E-state index contributed by atoms with van der Waals surface area (Å²) >= 11 is 5.24. The second-order valence-electron chi connectivity index (χ2n) is 0.779. The second kappa shape index (κ2) is 2.49. The summed E-state index contributed by atoms with van der Waals surface area (Å²) in [6.07, 6.45) is 0. The Morgan fingerprint density at radius 3 is 2.00 bits per heavy atom. The molecule has 5 heavy (non-hydrogen) atoms. The Hall–Kier alpha value is 0.250. The van der Waals surface area contributed by atoms with Crippen molar-refractivity contribution < 1.29 is 4.74 Å². The van der Waals surface area contributed by atoms with Crippen LogP contribution in [-0.2, 0) is 4.74 Å². The van der Waals surface area contributed by atoms with E-state index in [-0.39, 0.29) is 5.56 Å². The van der Waals surface area contributed by atoms with Gasteiger partial charge < -0.3 is 4.74 Å². The van der Waals surface area contributed by atoms with Crippen molar-refractivity contribution in [1.82, 2.24) is 0 Å². The lowest BCUT2D eigenvalue weighted by Crippen LogP contribution is -1.89. The highest BCUT2D eigenvalue weighted by atomic mass is 35.5. The quantitative estimate of drug-likeness (QED) is 0.444. The van der Waals surface area contributed by atoms with Crippen LogP contribution in [0.25, 0.3) is 0 Å². The minimum atomic E-state index is -0.144. The molecule has 1 atom stereocenters. The van der Waals surface area contributed by atoms with E-state index in [1.54, 1.807) is 14.0 Å². The number of halogens is 1. The molecule has 0 bridgehead atoms. The summed E-state index contributed by atoms with van der Waals surface area (Å²) in [6.45, 7) is 1.77. The van der Waals surface area contributed by atoms with Gasteiger partial charge in [0.05, 0.1) is 0 Å². The molecule has 0 rings (SSSR count). The molecule has 0 saturated heterocycles. The third-order valence-electron chi connectivity index (χ3n) is 0.325. The molecule has 0 radical (unpaired) electrons. The molecule has 0 fully saturated rings. The first-order valence-corrected chi connectivity index (χ1v) is 1.88. The lowest BCUT2D eigenvalue weighted by Gasteiger charge is -1.91. The van der Waals surface area contributed by atoms with Crippen molar-refractivity contribution in [3.8, 4) is 0 Å². The number of hydrogen-bond acceptors (Lipinski definition) is 1. The monoisotopic (exact) mass is 94.0 g/mol. The molecule has 2 heteroatoms. The Kier molecular flexibility index (Phi) is 2.61. The van der Waals surface area contributed by atoms with Gasteiger partial charge in [0.1, 0.15) is 5.56 Å². The lowest BCUT2D eigenvalue weighted by molar-refractivity contribution is 0.182. The molecule has 32 valence electrons. The molecule has 0 amide bonds. The molecular formula is C3H7ClO. The highest BCUT2D eigenvalue weighted by Crippen LogP contribution is 1.89. The van der Waals surface area contributed by atoms with Crippen LogP contribution in [-0.4, -0.2) is 12.7 Å². The van der Waals surface area contributed by atoms with E-state index < -0.39 is 0 Å². The second-order valence-corrected chi connectivity index (χ2v) is 1.39. The highest BCUT2D eigenvalue weighted by molar-refractivity contribution is 6.19. The van der Waals surface area contributed by atoms with E-state index in [0.29, 0.717) is 0 Å². The molecule has 0 N–H and O–H groups in total. The van der Waals surface area contributed by atoms with Crippen LogP contribution >= 0.6 is 11.6 Å². The van der Waals surface area contributed by atoms with Gasteiger partial charge in [-0.25, -0.2) is 0 Å². The topological polar surface area (TPSA) is 9.23 Å². The fourth-order valence-corrected chi connectivity index (χ4v) is 0. The van der Waals surface area contributed by atoms with E-state index >= 15 is 0 Å². The largest absolute Gasteiger partial charge is 0.366 e. The van der Waals surface area contributed by atoms with E-state index in [1.807, 2.05) is 0 Å². The molecule has 0 aliphatic carbocycles. The van der Waals surface area contributed by atoms with Crippen molar-refractivity contribution in [3.63, 3.8) is 0 Å². The lowest BCUT2D eigenvalue weighted by atomic mass is 10.9. The molecule has 0 heterocycles. The average molecular weight is 94.5 g/mol. The third kappa shape index (κ3) is 4.25. The molecule has 0 saturated carbocycles. The van der Waals surface area contributed by atoms with Crippen molar-refractivity contribution in [2.45, 2.75) is 12.5 Å². The Morgan fingerprint density at radius 2 is 2.00 bits per heavy atom. The normalized spacial score (nSPS) is 15.0. The molecule has 1 unspecified atom stereocenters. The van der Waals surface area contributed by atoms with Crippen LogP contribution in [0.15, 0.2) is 0 Å². The maximum atomic E-state index is 5.24. The molecule has 0 aromatic rings. The van der Waals surface area contributed by atoms with Gasteiger partial charge >= 0.3 is 0 Å². The summed E-state index contributed by atoms with van der Waals surface area (Å²) in [4.78, 5) is 0. The van der Waals surface area contributed by atoms with Gasteiger partial charge in [0.15, 0.2) is 0 Å². The molecule has 1 nitrogen and oxygen atoms in total. The maximum Gasteiger partial charge on any atom is 0.128 e. The van der Waals surface area contributed by atoms with Gasteiger partial charge in [0, 0.05) is 7.11 Å². The van der Waals surface area contributed by atoms with Gasteiger partial charge in [-0.1, -0.05) is 11.6 Å². The van der Waals surface area contributed by atoms with Crippen LogP contribution in [0.5, 0.6) is 0 Å². The minimum absolute atomic E-state index is 0.144. The van der Waals surface area contributed by atoms with Gasteiger partial charge in [-0.15, -0.1) is 0 Å². The molecule has 0 aromatic carbocycles. The zero-order valence-electron chi connectivity index (χ0n) is 3.36. The van der Waals surface area contributed by atoms with E-state index in [0.717, 1.165) is 0 Å². The minimum Gasteiger partial charge on any atom is -0.366 e. The maximum absolute atomic E-state index is 5.24. The van der Waals surface area contributed by atoms with Crippen molar-refractivity contribution in [3.05, 3.63) is 0 Å². The van der Waals surface area contributed by atoms with Crippen molar-refractivity contribution >= 4 is 11.6 Å².